The number of azo groups is 1. The molecule has 0 spiro atoms. The lowest BCUT2D eigenvalue weighted by molar-refractivity contribution is -0.384. The quantitative estimate of drug-likeness (QED) is 0.357. The van der Waals surface area contributed by atoms with Crippen molar-refractivity contribution in [3.8, 4) is 17.5 Å². The number of nitrogens with zero attached hydrogens (tertiary/aromatic N) is 7. The van der Waals surface area contributed by atoms with Gasteiger partial charge in [0.05, 0.1) is 16.7 Å². The first-order valence-corrected chi connectivity index (χ1v) is 8.87. The van der Waals surface area contributed by atoms with Crippen LogP contribution in [0, 0.1) is 21.4 Å². The van der Waals surface area contributed by atoms with Crippen LogP contribution in [0.1, 0.15) is 13.8 Å². The van der Waals surface area contributed by atoms with E-state index >= 15 is 0 Å². The molecule has 29 heavy (non-hydrogen) atoms. The van der Waals surface area contributed by atoms with Crippen LogP contribution in [0.4, 0.5) is 23.0 Å². The molecule has 10 heteroatoms. The number of benzene rings is 2. The Hall–Kier alpha value is -4.13. The molecule has 1 atom stereocenters. The highest BCUT2D eigenvalue weighted by atomic mass is 16.6. The smallest absolute Gasteiger partial charge is 0.287 e. The van der Waals surface area contributed by atoms with Gasteiger partial charge in [0.1, 0.15) is 6.04 Å². The molecule has 0 aliphatic carbocycles. The summed E-state index contributed by atoms with van der Waals surface area (Å²) in [6, 6.07) is 15.3. The molecule has 2 aromatic carbocycles. The van der Waals surface area contributed by atoms with E-state index in [9.17, 15) is 10.1 Å². The Morgan fingerprint density at radius 1 is 1.21 bits per heavy atom. The Kier molecular flexibility index (Phi) is 5.89. The van der Waals surface area contributed by atoms with Gasteiger partial charge in [-0.1, -0.05) is 0 Å². The molecule has 0 bridgehead atoms. The maximum atomic E-state index is 10.7. The molecule has 1 N–H and O–H groups in total. The van der Waals surface area contributed by atoms with E-state index in [1.165, 1.54) is 12.1 Å². The van der Waals surface area contributed by atoms with Crippen LogP contribution in [-0.4, -0.2) is 32.7 Å². The first-order chi connectivity index (χ1) is 14.0. The molecular formula is C19H18N8O2. The van der Waals surface area contributed by atoms with Crippen LogP contribution in [-0.2, 0) is 0 Å². The van der Waals surface area contributed by atoms with Gasteiger partial charge in [0, 0.05) is 29.9 Å². The molecule has 0 radical (unpaired) electrons. The van der Waals surface area contributed by atoms with E-state index in [1.807, 2.05) is 30.9 Å². The molecule has 0 fully saturated rings. The van der Waals surface area contributed by atoms with Crippen molar-refractivity contribution < 1.29 is 4.92 Å². The van der Waals surface area contributed by atoms with Gasteiger partial charge in [0.2, 0.25) is 0 Å². The lowest BCUT2D eigenvalue weighted by atomic mass is 10.2. The number of aromatic amines is 1. The summed E-state index contributed by atoms with van der Waals surface area (Å²) in [5.41, 5.74) is 2.21. The molecule has 0 saturated heterocycles. The molecule has 3 rings (SSSR count). The number of non-ortho nitro benzene ring substituents is 1. The molecule has 1 heterocycles. The zero-order valence-corrected chi connectivity index (χ0v) is 15.9. The Balaban J connectivity index is 1.71. The van der Waals surface area contributed by atoms with Crippen LogP contribution < -0.4 is 4.90 Å². The van der Waals surface area contributed by atoms with E-state index < -0.39 is 4.92 Å². The first-order valence-electron chi connectivity index (χ1n) is 8.87. The van der Waals surface area contributed by atoms with Gasteiger partial charge in [-0.05, 0) is 50.2 Å². The Labute approximate surface area is 166 Å². The average Bonchev–Trinajstić information content (AvgIpc) is 3.22. The predicted octanol–water partition coefficient (Wildman–Crippen LogP) is 4.53. The third-order valence-corrected chi connectivity index (χ3v) is 4.26. The Morgan fingerprint density at radius 2 is 1.90 bits per heavy atom. The highest BCUT2D eigenvalue weighted by Crippen LogP contribution is 2.24. The lowest BCUT2D eigenvalue weighted by Gasteiger charge is -2.25. The number of nitro groups is 1. The van der Waals surface area contributed by atoms with Crippen molar-refractivity contribution in [2.75, 3.05) is 11.4 Å². The topological polar surface area (TPSA) is 136 Å². The van der Waals surface area contributed by atoms with Crippen LogP contribution in [0.15, 0.2) is 58.8 Å². The Bertz CT molecular complexity index is 1050. The van der Waals surface area contributed by atoms with Crippen molar-refractivity contribution in [1.82, 2.24) is 15.2 Å². The summed E-state index contributed by atoms with van der Waals surface area (Å²) < 4.78 is 0. The van der Waals surface area contributed by atoms with Gasteiger partial charge in [-0.2, -0.15) is 10.2 Å². The molecule has 0 saturated carbocycles. The van der Waals surface area contributed by atoms with Gasteiger partial charge < -0.3 is 4.90 Å². The third-order valence-electron chi connectivity index (χ3n) is 4.26. The number of H-pyrrole nitrogens is 1. The minimum Gasteiger partial charge on any atom is -0.356 e. The molecular weight excluding hydrogens is 372 g/mol. The molecule has 10 nitrogen and oxygen atoms in total. The standard InChI is InChI=1S/C19H18N8O2/c1-3-26(13(2)12-20)16-10-6-15(7-11-16)22-24-19-21-18(23-25-19)14-4-8-17(9-5-14)27(28)29/h4-11,13H,3H2,1-2H3,(H,21,23,25). The van der Waals surface area contributed by atoms with Crippen molar-refractivity contribution in [1.29, 1.82) is 5.26 Å². The van der Waals surface area contributed by atoms with E-state index in [0.717, 1.165) is 12.2 Å². The van der Waals surface area contributed by atoms with E-state index in [-0.39, 0.29) is 17.7 Å². The van der Waals surface area contributed by atoms with E-state index in [1.54, 1.807) is 24.3 Å². The maximum absolute atomic E-state index is 10.7. The number of hydrogen-bond acceptors (Lipinski definition) is 8. The summed E-state index contributed by atoms with van der Waals surface area (Å²) in [4.78, 5) is 16.5. The largest absolute Gasteiger partial charge is 0.356 e. The van der Waals surface area contributed by atoms with Crippen molar-refractivity contribution in [2.24, 2.45) is 10.2 Å². The zero-order chi connectivity index (χ0) is 20.8. The summed E-state index contributed by atoms with van der Waals surface area (Å²) in [5, 5.41) is 34.7. The van der Waals surface area contributed by atoms with Gasteiger partial charge in [-0.3, -0.25) is 15.2 Å². The molecule has 1 aromatic heterocycles. The second-order valence-corrected chi connectivity index (χ2v) is 6.10. The number of hydrogen-bond donors (Lipinski definition) is 1. The normalized spacial score (nSPS) is 11.9. The van der Waals surface area contributed by atoms with Crippen LogP contribution in [0.5, 0.6) is 0 Å². The molecule has 0 aliphatic heterocycles. The van der Waals surface area contributed by atoms with E-state index in [2.05, 4.69) is 31.5 Å². The number of rotatable bonds is 7. The van der Waals surface area contributed by atoms with E-state index in [0.29, 0.717) is 17.1 Å². The monoisotopic (exact) mass is 390 g/mol. The van der Waals surface area contributed by atoms with Crippen LogP contribution in [0.25, 0.3) is 11.4 Å². The SMILES string of the molecule is CCN(c1ccc(N=Nc2n[nH]c(-c3ccc([N+](=O)[O-])cc3)n2)cc1)C(C)C#N. The van der Waals surface area contributed by atoms with Gasteiger partial charge in [-0.25, -0.2) is 0 Å². The maximum Gasteiger partial charge on any atom is 0.287 e. The number of nitriles is 1. The molecule has 0 aliphatic rings. The minimum atomic E-state index is -0.463. The van der Waals surface area contributed by atoms with Gasteiger partial charge in [0.15, 0.2) is 5.82 Å². The fraction of sp³-hybridized carbons (Fsp3) is 0.211. The number of nitro benzene ring substituents is 1. The highest BCUT2D eigenvalue weighted by Gasteiger charge is 2.12. The second kappa shape index (κ2) is 8.71. The summed E-state index contributed by atoms with van der Waals surface area (Å²) in [6.07, 6.45) is 0. The molecule has 3 aromatic rings. The minimum absolute atomic E-state index is 0.00225. The number of aromatic nitrogens is 3. The van der Waals surface area contributed by atoms with Gasteiger partial charge >= 0.3 is 0 Å². The third kappa shape index (κ3) is 4.59. The van der Waals surface area contributed by atoms with Crippen molar-refractivity contribution in [3.05, 3.63) is 58.6 Å². The van der Waals surface area contributed by atoms with Crippen LogP contribution in [0.3, 0.4) is 0 Å². The van der Waals surface area contributed by atoms with Crippen LogP contribution >= 0.6 is 0 Å². The molecule has 1 unspecified atom stereocenters. The zero-order valence-electron chi connectivity index (χ0n) is 15.9. The Morgan fingerprint density at radius 3 is 2.48 bits per heavy atom. The summed E-state index contributed by atoms with van der Waals surface area (Å²) in [7, 11) is 0. The van der Waals surface area contributed by atoms with Crippen molar-refractivity contribution in [2.45, 2.75) is 19.9 Å². The fourth-order valence-corrected chi connectivity index (χ4v) is 2.73. The van der Waals surface area contributed by atoms with Gasteiger partial charge in [0.25, 0.3) is 11.6 Å². The number of nitrogens with one attached hydrogen (secondary N) is 1. The fourth-order valence-electron chi connectivity index (χ4n) is 2.73. The predicted molar refractivity (Wildman–Crippen MR) is 107 cm³/mol. The second-order valence-electron chi connectivity index (χ2n) is 6.10. The van der Waals surface area contributed by atoms with Crippen LogP contribution in [0.2, 0.25) is 0 Å². The van der Waals surface area contributed by atoms with E-state index in [4.69, 9.17) is 5.26 Å². The highest BCUT2D eigenvalue weighted by molar-refractivity contribution is 5.58. The van der Waals surface area contributed by atoms with Crippen molar-refractivity contribution >= 4 is 23.0 Å². The molecule has 0 amide bonds. The molecule has 146 valence electrons. The van der Waals surface area contributed by atoms with Crippen molar-refractivity contribution in [3.63, 3.8) is 0 Å². The average molecular weight is 390 g/mol. The summed E-state index contributed by atoms with van der Waals surface area (Å²) >= 11 is 0. The summed E-state index contributed by atoms with van der Waals surface area (Å²) in [5.74, 6) is 0.587. The summed E-state index contributed by atoms with van der Waals surface area (Å²) in [6.45, 7) is 4.56. The lowest BCUT2D eigenvalue weighted by Crippen LogP contribution is -2.31. The number of anilines is 1. The van der Waals surface area contributed by atoms with Gasteiger partial charge in [-0.15, -0.1) is 15.3 Å². The first kappa shape index (κ1) is 19.6.